The standard InChI is InChI=1S/C19H18N4O/c1-14(20)16-9-7-15(8-10-16)11-21-19(24)17-12-22-23(13-17)18-5-3-2-4-6-18/h2-10,12-13,20H,11H2,1H3,(H,21,24). The molecule has 0 aliphatic rings. The molecule has 3 rings (SSSR count). The van der Waals surface area contributed by atoms with E-state index in [2.05, 4.69) is 10.4 Å². The first-order valence-electron chi connectivity index (χ1n) is 7.66. The van der Waals surface area contributed by atoms with Crippen molar-refractivity contribution in [2.45, 2.75) is 13.5 Å². The van der Waals surface area contributed by atoms with Gasteiger partial charge < -0.3 is 10.7 Å². The average Bonchev–Trinajstić information content (AvgIpc) is 3.11. The molecular formula is C19H18N4O. The van der Waals surface area contributed by atoms with Crippen LogP contribution >= 0.6 is 0 Å². The maximum atomic E-state index is 12.2. The number of hydrogen-bond donors (Lipinski definition) is 2. The van der Waals surface area contributed by atoms with E-state index in [0.717, 1.165) is 16.8 Å². The summed E-state index contributed by atoms with van der Waals surface area (Å²) in [7, 11) is 0. The highest BCUT2D eigenvalue weighted by Gasteiger charge is 2.09. The molecule has 5 nitrogen and oxygen atoms in total. The minimum absolute atomic E-state index is 0.163. The zero-order chi connectivity index (χ0) is 16.9. The lowest BCUT2D eigenvalue weighted by atomic mass is 10.1. The fourth-order valence-electron chi connectivity index (χ4n) is 2.32. The van der Waals surface area contributed by atoms with Crippen LogP contribution in [0.4, 0.5) is 0 Å². The summed E-state index contributed by atoms with van der Waals surface area (Å²) in [5.41, 5.74) is 3.83. The van der Waals surface area contributed by atoms with Gasteiger partial charge in [0.1, 0.15) is 0 Å². The van der Waals surface area contributed by atoms with Crippen molar-refractivity contribution in [2.75, 3.05) is 0 Å². The zero-order valence-electron chi connectivity index (χ0n) is 13.4. The third-order valence-corrected chi connectivity index (χ3v) is 3.71. The van der Waals surface area contributed by atoms with E-state index in [1.807, 2.05) is 54.6 Å². The third kappa shape index (κ3) is 3.57. The van der Waals surface area contributed by atoms with Crippen molar-refractivity contribution < 1.29 is 4.79 Å². The summed E-state index contributed by atoms with van der Waals surface area (Å²) in [5.74, 6) is -0.163. The minimum Gasteiger partial charge on any atom is -0.348 e. The van der Waals surface area contributed by atoms with Gasteiger partial charge in [-0.1, -0.05) is 42.5 Å². The van der Waals surface area contributed by atoms with E-state index in [1.165, 1.54) is 0 Å². The number of para-hydroxylation sites is 1. The van der Waals surface area contributed by atoms with Crippen molar-refractivity contribution in [1.29, 1.82) is 5.41 Å². The number of nitrogens with zero attached hydrogens (tertiary/aromatic N) is 2. The van der Waals surface area contributed by atoms with Crippen molar-refractivity contribution in [3.05, 3.63) is 83.7 Å². The third-order valence-electron chi connectivity index (χ3n) is 3.71. The Bertz CT molecular complexity index is 851. The molecule has 0 atom stereocenters. The number of carbonyl (C=O) groups excluding carboxylic acids is 1. The van der Waals surface area contributed by atoms with Crippen LogP contribution in [0, 0.1) is 5.41 Å². The Morgan fingerprint density at radius 1 is 1.08 bits per heavy atom. The van der Waals surface area contributed by atoms with Crippen LogP contribution in [-0.4, -0.2) is 21.4 Å². The summed E-state index contributed by atoms with van der Waals surface area (Å²) >= 11 is 0. The monoisotopic (exact) mass is 318 g/mol. The number of hydrogen-bond acceptors (Lipinski definition) is 3. The van der Waals surface area contributed by atoms with Gasteiger partial charge in [0.15, 0.2) is 0 Å². The van der Waals surface area contributed by atoms with Gasteiger partial charge in [0.05, 0.1) is 17.4 Å². The molecule has 1 aromatic heterocycles. The number of aromatic nitrogens is 2. The second kappa shape index (κ2) is 6.91. The summed E-state index contributed by atoms with van der Waals surface area (Å²) in [6, 6.07) is 17.3. The maximum absolute atomic E-state index is 12.2. The van der Waals surface area contributed by atoms with Crippen LogP contribution in [-0.2, 0) is 6.54 Å². The van der Waals surface area contributed by atoms with E-state index < -0.39 is 0 Å². The summed E-state index contributed by atoms with van der Waals surface area (Å²) in [6.07, 6.45) is 3.27. The number of carbonyl (C=O) groups is 1. The highest BCUT2D eigenvalue weighted by Crippen LogP contribution is 2.09. The van der Waals surface area contributed by atoms with Crippen molar-refractivity contribution in [2.24, 2.45) is 0 Å². The van der Waals surface area contributed by atoms with Crippen molar-refractivity contribution in [1.82, 2.24) is 15.1 Å². The van der Waals surface area contributed by atoms with Gasteiger partial charge in [0.25, 0.3) is 5.91 Å². The molecular weight excluding hydrogens is 300 g/mol. The maximum Gasteiger partial charge on any atom is 0.254 e. The lowest BCUT2D eigenvalue weighted by molar-refractivity contribution is 0.0951. The number of benzene rings is 2. The Balaban J connectivity index is 1.63. The number of rotatable bonds is 5. The molecule has 0 saturated heterocycles. The van der Waals surface area contributed by atoms with Gasteiger partial charge >= 0.3 is 0 Å². The summed E-state index contributed by atoms with van der Waals surface area (Å²) in [4.78, 5) is 12.2. The molecule has 2 aromatic carbocycles. The molecule has 2 N–H and O–H groups in total. The predicted molar refractivity (Wildman–Crippen MR) is 93.7 cm³/mol. The van der Waals surface area contributed by atoms with E-state index in [-0.39, 0.29) is 5.91 Å². The molecule has 1 amide bonds. The highest BCUT2D eigenvalue weighted by atomic mass is 16.1. The average molecular weight is 318 g/mol. The van der Waals surface area contributed by atoms with E-state index in [1.54, 1.807) is 24.0 Å². The van der Waals surface area contributed by atoms with Gasteiger partial charge in [0, 0.05) is 18.5 Å². The topological polar surface area (TPSA) is 70.8 Å². The van der Waals surface area contributed by atoms with Crippen LogP contribution in [0.15, 0.2) is 67.0 Å². The molecule has 120 valence electrons. The van der Waals surface area contributed by atoms with Gasteiger partial charge in [-0.3, -0.25) is 4.79 Å². The van der Waals surface area contributed by atoms with Crippen LogP contribution in [0.5, 0.6) is 0 Å². The summed E-state index contributed by atoms with van der Waals surface area (Å²) in [6.45, 7) is 2.19. The first-order chi connectivity index (χ1) is 11.6. The van der Waals surface area contributed by atoms with E-state index >= 15 is 0 Å². The molecule has 5 heteroatoms. The van der Waals surface area contributed by atoms with Crippen LogP contribution in [0.2, 0.25) is 0 Å². The van der Waals surface area contributed by atoms with Gasteiger partial charge in [-0.25, -0.2) is 4.68 Å². The fraction of sp³-hybridized carbons (Fsp3) is 0.105. The lowest BCUT2D eigenvalue weighted by Crippen LogP contribution is -2.22. The van der Waals surface area contributed by atoms with E-state index in [0.29, 0.717) is 17.8 Å². The van der Waals surface area contributed by atoms with Crippen LogP contribution in [0.1, 0.15) is 28.4 Å². The first kappa shape index (κ1) is 15.7. The van der Waals surface area contributed by atoms with Gasteiger partial charge in [-0.05, 0) is 30.2 Å². The normalized spacial score (nSPS) is 10.4. The molecule has 0 spiro atoms. The van der Waals surface area contributed by atoms with Crippen molar-refractivity contribution >= 4 is 11.6 Å². The molecule has 0 unspecified atom stereocenters. The molecule has 0 aliphatic carbocycles. The minimum atomic E-state index is -0.163. The van der Waals surface area contributed by atoms with Crippen LogP contribution in [0.3, 0.4) is 0 Å². The second-order valence-electron chi connectivity index (χ2n) is 5.51. The zero-order valence-corrected chi connectivity index (χ0v) is 13.4. The SMILES string of the molecule is CC(=N)c1ccc(CNC(=O)c2cnn(-c3ccccc3)c2)cc1. The Kier molecular flexibility index (Phi) is 4.52. The predicted octanol–water partition coefficient (Wildman–Crippen LogP) is 3.19. The summed E-state index contributed by atoms with van der Waals surface area (Å²) < 4.78 is 1.68. The first-order valence-corrected chi connectivity index (χ1v) is 7.66. The lowest BCUT2D eigenvalue weighted by Gasteiger charge is -2.05. The summed E-state index contributed by atoms with van der Waals surface area (Å²) in [5, 5.41) is 14.7. The highest BCUT2D eigenvalue weighted by molar-refractivity contribution is 5.96. The Morgan fingerprint density at radius 2 is 1.79 bits per heavy atom. The van der Waals surface area contributed by atoms with Crippen LogP contribution < -0.4 is 5.32 Å². The van der Waals surface area contributed by atoms with Gasteiger partial charge in [-0.15, -0.1) is 0 Å². The molecule has 1 heterocycles. The largest absolute Gasteiger partial charge is 0.348 e. The number of amides is 1. The molecule has 0 radical (unpaired) electrons. The Labute approximate surface area is 140 Å². The van der Waals surface area contributed by atoms with Gasteiger partial charge in [-0.2, -0.15) is 5.10 Å². The molecule has 24 heavy (non-hydrogen) atoms. The molecule has 0 fully saturated rings. The van der Waals surface area contributed by atoms with Crippen molar-refractivity contribution in [3.8, 4) is 5.69 Å². The van der Waals surface area contributed by atoms with E-state index in [4.69, 9.17) is 5.41 Å². The molecule has 0 saturated carbocycles. The molecule has 0 bridgehead atoms. The van der Waals surface area contributed by atoms with Crippen molar-refractivity contribution in [3.63, 3.8) is 0 Å². The molecule has 0 aliphatic heterocycles. The Hall–Kier alpha value is -3.21. The van der Waals surface area contributed by atoms with Gasteiger partial charge in [0.2, 0.25) is 0 Å². The van der Waals surface area contributed by atoms with Crippen LogP contribution in [0.25, 0.3) is 5.69 Å². The smallest absolute Gasteiger partial charge is 0.254 e. The fourth-order valence-corrected chi connectivity index (χ4v) is 2.32. The second-order valence-corrected chi connectivity index (χ2v) is 5.51. The quantitative estimate of drug-likeness (QED) is 0.709. The number of nitrogens with one attached hydrogen (secondary N) is 2. The van der Waals surface area contributed by atoms with E-state index in [9.17, 15) is 4.79 Å². The Morgan fingerprint density at radius 3 is 2.46 bits per heavy atom. The molecule has 3 aromatic rings.